The zero-order valence-electron chi connectivity index (χ0n) is 12.4. The second kappa shape index (κ2) is 6.86. The summed E-state index contributed by atoms with van der Waals surface area (Å²) in [6, 6.07) is 14.1. The van der Waals surface area contributed by atoms with Crippen LogP contribution in [0.25, 0.3) is 10.9 Å². The summed E-state index contributed by atoms with van der Waals surface area (Å²) in [5, 5.41) is 23.0. The molecule has 0 saturated heterocycles. The highest BCUT2D eigenvalue weighted by atomic mass is 35.5. The number of carbonyl (C=O) groups is 1. The van der Waals surface area contributed by atoms with E-state index >= 15 is 0 Å². The molecule has 2 aromatic carbocycles. The van der Waals surface area contributed by atoms with Gasteiger partial charge in [0.25, 0.3) is 5.91 Å². The molecule has 0 unspecified atom stereocenters. The number of hydrogen-bond donors (Lipinski definition) is 3. The van der Waals surface area contributed by atoms with Gasteiger partial charge >= 0.3 is 0 Å². The Morgan fingerprint density at radius 3 is 2.92 bits per heavy atom. The van der Waals surface area contributed by atoms with Gasteiger partial charge in [0.15, 0.2) is 0 Å². The van der Waals surface area contributed by atoms with E-state index < -0.39 is 5.91 Å². The van der Waals surface area contributed by atoms with Gasteiger partial charge < -0.3 is 10.6 Å². The molecule has 1 heterocycles. The predicted octanol–water partition coefficient (Wildman–Crippen LogP) is 3.67. The highest BCUT2D eigenvalue weighted by Gasteiger charge is 2.09. The molecular weight excluding hydrogens is 326 g/mol. The van der Waals surface area contributed by atoms with E-state index in [2.05, 4.69) is 20.8 Å². The number of fused-ring (bicyclic) bond motifs is 1. The first-order valence-electron chi connectivity index (χ1n) is 7.02. The zero-order valence-corrected chi connectivity index (χ0v) is 13.1. The molecule has 0 saturated carbocycles. The van der Waals surface area contributed by atoms with Crippen LogP contribution < -0.4 is 10.6 Å². The van der Waals surface area contributed by atoms with E-state index in [1.165, 1.54) is 6.20 Å². The molecule has 118 valence electrons. The number of anilines is 2. The van der Waals surface area contributed by atoms with Gasteiger partial charge in [0.1, 0.15) is 11.6 Å². The molecule has 0 spiro atoms. The van der Waals surface area contributed by atoms with E-state index in [1.54, 1.807) is 30.5 Å². The van der Waals surface area contributed by atoms with Gasteiger partial charge in [-0.3, -0.25) is 9.89 Å². The van der Waals surface area contributed by atoms with Crippen LogP contribution in [0.3, 0.4) is 0 Å². The number of carbonyl (C=O) groups excluding carboxylic acids is 1. The Bertz CT molecular complexity index is 970. The molecule has 1 aromatic heterocycles. The zero-order chi connectivity index (χ0) is 16.9. The standard InChI is InChI=1S/C17H12ClN5O/c18-13-2-1-3-15(6-13)22-17(24)12(8-19)9-20-14-5-4-11-10-21-23-16(11)7-14/h1-7,9-10,20H,(H,21,23)(H,22,24)/b12-9-. The lowest BCUT2D eigenvalue weighted by molar-refractivity contribution is -0.112. The van der Waals surface area contributed by atoms with E-state index in [0.29, 0.717) is 10.7 Å². The van der Waals surface area contributed by atoms with Gasteiger partial charge in [-0.15, -0.1) is 0 Å². The SMILES string of the molecule is N#C/C(=C/Nc1ccc2cn[nH]c2c1)C(=O)Nc1cccc(Cl)c1. The lowest BCUT2D eigenvalue weighted by Crippen LogP contribution is -2.14. The van der Waals surface area contributed by atoms with Gasteiger partial charge in [-0.05, 0) is 36.4 Å². The normalized spacial score (nSPS) is 11.1. The maximum absolute atomic E-state index is 12.1. The highest BCUT2D eigenvalue weighted by Crippen LogP contribution is 2.18. The van der Waals surface area contributed by atoms with Crippen molar-refractivity contribution in [1.82, 2.24) is 10.2 Å². The van der Waals surface area contributed by atoms with Crippen molar-refractivity contribution in [3.05, 3.63) is 65.5 Å². The minimum atomic E-state index is -0.519. The van der Waals surface area contributed by atoms with Gasteiger partial charge in [-0.1, -0.05) is 17.7 Å². The van der Waals surface area contributed by atoms with Crippen LogP contribution in [0.15, 0.2) is 60.4 Å². The molecule has 0 fully saturated rings. The van der Waals surface area contributed by atoms with Crippen molar-refractivity contribution < 1.29 is 4.79 Å². The van der Waals surface area contributed by atoms with Crippen LogP contribution in [-0.2, 0) is 4.79 Å². The fraction of sp³-hybridized carbons (Fsp3) is 0. The van der Waals surface area contributed by atoms with Crippen molar-refractivity contribution in [2.75, 3.05) is 10.6 Å². The van der Waals surface area contributed by atoms with E-state index in [-0.39, 0.29) is 5.57 Å². The topological polar surface area (TPSA) is 93.6 Å². The van der Waals surface area contributed by atoms with Crippen LogP contribution >= 0.6 is 11.6 Å². The Morgan fingerprint density at radius 2 is 2.12 bits per heavy atom. The minimum Gasteiger partial charge on any atom is -0.360 e. The van der Waals surface area contributed by atoms with Gasteiger partial charge in [-0.2, -0.15) is 10.4 Å². The van der Waals surface area contributed by atoms with Crippen LogP contribution in [0.2, 0.25) is 5.02 Å². The Morgan fingerprint density at radius 1 is 1.25 bits per heavy atom. The van der Waals surface area contributed by atoms with Crippen molar-refractivity contribution in [3.63, 3.8) is 0 Å². The Hall–Kier alpha value is -3.30. The average molecular weight is 338 g/mol. The lowest BCUT2D eigenvalue weighted by atomic mass is 10.2. The number of hydrogen-bond acceptors (Lipinski definition) is 4. The summed E-state index contributed by atoms with van der Waals surface area (Å²) in [6.07, 6.45) is 3.07. The molecule has 0 aliphatic carbocycles. The van der Waals surface area contributed by atoms with Crippen LogP contribution in [0.1, 0.15) is 0 Å². The van der Waals surface area contributed by atoms with Gasteiger partial charge in [0.05, 0.1) is 11.7 Å². The van der Waals surface area contributed by atoms with E-state index in [1.807, 2.05) is 24.3 Å². The molecule has 3 rings (SSSR count). The van der Waals surface area contributed by atoms with Crippen molar-refractivity contribution in [2.45, 2.75) is 0 Å². The molecule has 0 atom stereocenters. The average Bonchev–Trinajstić information content (AvgIpc) is 3.03. The number of aromatic amines is 1. The van der Waals surface area contributed by atoms with Crippen molar-refractivity contribution in [2.24, 2.45) is 0 Å². The second-order valence-electron chi connectivity index (χ2n) is 4.95. The quantitative estimate of drug-likeness (QED) is 0.500. The summed E-state index contributed by atoms with van der Waals surface area (Å²) in [7, 11) is 0. The van der Waals surface area contributed by atoms with Crippen molar-refractivity contribution in [3.8, 4) is 6.07 Å². The predicted molar refractivity (Wildman–Crippen MR) is 93.5 cm³/mol. The molecule has 6 nitrogen and oxygen atoms in total. The van der Waals surface area contributed by atoms with Gasteiger partial charge in [-0.25, -0.2) is 0 Å². The third-order valence-corrected chi connectivity index (χ3v) is 3.51. The number of amides is 1. The molecular formula is C17H12ClN5O. The van der Waals surface area contributed by atoms with E-state index in [4.69, 9.17) is 11.6 Å². The molecule has 0 aliphatic rings. The molecule has 3 N–H and O–H groups in total. The van der Waals surface area contributed by atoms with Crippen LogP contribution in [0, 0.1) is 11.3 Å². The third kappa shape index (κ3) is 3.54. The fourth-order valence-electron chi connectivity index (χ4n) is 2.10. The number of nitrogens with one attached hydrogen (secondary N) is 3. The highest BCUT2D eigenvalue weighted by molar-refractivity contribution is 6.31. The summed E-state index contributed by atoms with van der Waals surface area (Å²) in [6.45, 7) is 0. The fourth-order valence-corrected chi connectivity index (χ4v) is 2.29. The monoisotopic (exact) mass is 337 g/mol. The molecule has 0 radical (unpaired) electrons. The molecule has 7 heteroatoms. The number of nitriles is 1. The van der Waals surface area contributed by atoms with Gasteiger partial charge in [0, 0.05) is 28.0 Å². The summed E-state index contributed by atoms with van der Waals surface area (Å²) < 4.78 is 0. The maximum Gasteiger partial charge on any atom is 0.267 e. The second-order valence-corrected chi connectivity index (χ2v) is 5.39. The van der Waals surface area contributed by atoms with Gasteiger partial charge in [0.2, 0.25) is 0 Å². The first-order valence-corrected chi connectivity index (χ1v) is 7.40. The summed E-state index contributed by atoms with van der Waals surface area (Å²) in [4.78, 5) is 12.1. The lowest BCUT2D eigenvalue weighted by Gasteiger charge is -2.05. The Kier molecular flexibility index (Phi) is 4.45. The number of nitrogens with zero attached hydrogens (tertiary/aromatic N) is 2. The first-order chi connectivity index (χ1) is 11.7. The molecule has 0 aliphatic heterocycles. The number of benzene rings is 2. The molecule has 3 aromatic rings. The van der Waals surface area contributed by atoms with Crippen LogP contribution in [0.4, 0.5) is 11.4 Å². The number of rotatable bonds is 4. The maximum atomic E-state index is 12.1. The van der Waals surface area contributed by atoms with Crippen LogP contribution in [-0.4, -0.2) is 16.1 Å². The largest absolute Gasteiger partial charge is 0.360 e. The summed E-state index contributed by atoms with van der Waals surface area (Å²) >= 11 is 5.87. The third-order valence-electron chi connectivity index (χ3n) is 3.27. The number of aromatic nitrogens is 2. The molecule has 0 bridgehead atoms. The van der Waals surface area contributed by atoms with Crippen LogP contribution in [0.5, 0.6) is 0 Å². The summed E-state index contributed by atoms with van der Waals surface area (Å²) in [5.41, 5.74) is 2.05. The first kappa shape index (κ1) is 15.6. The van der Waals surface area contributed by atoms with E-state index in [0.717, 1.165) is 16.6 Å². The minimum absolute atomic E-state index is 0.0558. The van der Waals surface area contributed by atoms with Crippen molar-refractivity contribution >= 4 is 39.8 Å². The Labute approximate surface area is 142 Å². The molecule has 24 heavy (non-hydrogen) atoms. The molecule has 1 amide bonds. The number of H-pyrrole nitrogens is 1. The van der Waals surface area contributed by atoms with E-state index in [9.17, 15) is 10.1 Å². The summed E-state index contributed by atoms with van der Waals surface area (Å²) in [5.74, 6) is -0.519. The van der Waals surface area contributed by atoms with Crippen molar-refractivity contribution in [1.29, 1.82) is 5.26 Å². The number of halogens is 1. The smallest absolute Gasteiger partial charge is 0.267 e. The Balaban J connectivity index is 1.73.